The van der Waals surface area contributed by atoms with E-state index in [-0.39, 0.29) is 16.7 Å². The van der Waals surface area contributed by atoms with Crippen LogP contribution in [0.4, 0.5) is 13.2 Å². The van der Waals surface area contributed by atoms with Gasteiger partial charge in [0.05, 0.1) is 18.2 Å². The molecule has 0 bridgehead atoms. The third-order valence-corrected chi connectivity index (χ3v) is 2.67. The van der Waals surface area contributed by atoms with E-state index in [0.717, 1.165) is 6.07 Å². The molecule has 100 valence electrons. The number of H-pyrrole nitrogens is 1. The Hall–Kier alpha value is -2.24. The van der Waals surface area contributed by atoms with Crippen molar-refractivity contribution in [1.82, 2.24) is 4.98 Å². The Morgan fingerprint density at radius 2 is 1.84 bits per heavy atom. The molecule has 0 unspecified atom stereocenters. The molecule has 0 aliphatic heterocycles. The van der Waals surface area contributed by atoms with Gasteiger partial charge in [-0.05, 0) is 11.6 Å². The zero-order valence-corrected chi connectivity index (χ0v) is 9.91. The molecule has 0 saturated heterocycles. The molecular weight excluding hydrogens is 259 g/mol. The predicted octanol–water partition coefficient (Wildman–Crippen LogP) is 3.49. The first-order chi connectivity index (χ1) is 8.95. The number of alkyl halides is 3. The molecule has 1 heterocycles. The molecule has 2 rings (SSSR count). The minimum absolute atomic E-state index is 0.0587. The molecule has 2 aromatic rings. The van der Waals surface area contributed by atoms with E-state index in [1.165, 1.54) is 37.7 Å². The van der Waals surface area contributed by atoms with Gasteiger partial charge in [-0.25, -0.2) is 4.79 Å². The zero-order valence-electron chi connectivity index (χ0n) is 9.91. The number of benzene rings is 1. The van der Waals surface area contributed by atoms with E-state index < -0.39 is 17.7 Å². The average Bonchev–Trinajstić information content (AvgIpc) is 2.86. The Morgan fingerprint density at radius 3 is 2.47 bits per heavy atom. The Labute approximate surface area is 107 Å². The van der Waals surface area contributed by atoms with Crippen LogP contribution < -0.4 is 0 Å². The van der Waals surface area contributed by atoms with Crippen molar-refractivity contribution in [2.45, 2.75) is 6.18 Å². The Balaban J connectivity index is 2.61. The zero-order chi connectivity index (χ0) is 14.0. The van der Waals surface area contributed by atoms with Crippen LogP contribution in [0.1, 0.15) is 15.9 Å². The van der Waals surface area contributed by atoms with Crippen LogP contribution in [0.5, 0.6) is 0 Å². The molecule has 1 aromatic heterocycles. The molecule has 6 heteroatoms. The highest BCUT2D eigenvalue weighted by Crippen LogP contribution is 2.38. The third kappa shape index (κ3) is 2.47. The Bertz CT molecular complexity index is 602. The van der Waals surface area contributed by atoms with Gasteiger partial charge < -0.3 is 9.72 Å². The maximum Gasteiger partial charge on any atom is 0.417 e. The van der Waals surface area contributed by atoms with Gasteiger partial charge in [0.2, 0.25) is 0 Å². The van der Waals surface area contributed by atoms with E-state index in [9.17, 15) is 18.0 Å². The van der Waals surface area contributed by atoms with Gasteiger partial charge in [0.25, 0.3) is 0 Å². The summed E-state index contributed by atoms with van der Waals surface area (Å²) in [5, 5.41) is 0. The van der Waals surface area contributed by atoms with E-state index >= 15 is 0 Å². The number of methoxy groups -OCH3 is 1. The molecule has 1 N–H and O–H groups in total. The van der Waals surface area contributed by atoms with Crippen LogP contribution in [0.25, 0.3) is 11.1 Å². The summed E-state index contributed by atoms with van der Waals surface area (Å²) >= 11 is 0. The number of ether oxygens (including phenoxy) is 1. The van der Waals surface area contributed by atoms with Crippen LogP contribution in [-0.4, -0.2) is 18.1 Å². The first kappa shape index (κ1) is 13.2. The van der Waals surface area contributed by atoms with Gasteiger partial charge in [-0.3, -0.25) is 0 Å². The van der Waals surface area contributed by atoms with Crippen molar-refractivity contribution in [3.8, 4) is 11.1 Å². The first-order valence-corrected chi connectivity index (χ1v) is 5.37. The average molecular weight is 269 g/mol. The monoisotopic (exact) mass is 269 g/mol. The lowest BCUT2D eigenvalue weighted by Crippen LogP contribution is -2.08. The number of carbonyl (C=O) groups is 1. The third-order valence-electron chi connectivity index (χ3n) is 2.67. The Morgan fingerprint density at radius 1 is 1.16 bits per heavy atom. The first-order valence-electron chi connectivity index (χ1n) is 5.37. The maximum atomic E-state index is 12.9. The number of rotatable bonds is 2. The molecular formula is C13H10F3NO2. The minimum Gasteiger partial charge on any atom is -0.465 e. The van der Waals surface area contributed by atoms with Gasteiger partial charge in [-0.1, -0.05) is 18.2 Å². The van der Waals surface area contributed by atoms with Crippen LogP contribution in [0, 0.1) is 0 Å². The lowest BCUT2D eigenvalue weighted by molar-refractivity contribution is -0.137. The quantitative estimate of drug-likeness (QED) is 0.848. The second-order valence-electron chi connectivity index (χ2n) is 3.82. The van der Waals surface area contributed by atoms with Gasteiger partial charge in [0.1, 0.15) is 0 Å². The number of halogens is 3. The molecule has 3 nitrogen and oxygen atoms in total. The predicted molar refractivity (Wildman–Crippen MR) is 62.6 cm³/mol. The lowest BCUT2D eigenvalue weighted by atomic mass is 9.98. The van der Waals surface area contributed by atoms with Gasteiger partial charge in [0, 0.05) is 18.0 Å². The highest BCUT2D eigenvalue weighted by molar-refractivity contribution is 5.97. The fraction of sp³-hybridized carbons (Fsp3) is 0.154. The fourth-order valence-electron chi connectivity index (χ4n) is 1.83. The summed E-state index contributed by atoms with van der Waals surface area (Å²) in [6, 6.07) is 5.08. The number of nitrogens with one attached hydrogen (secondary N) is 1. The lowest BCUT2D eigenvalue weighted by Gasteiger charge is -2.12. The molecule has 0 amide bonds. The molecule has 0 spiro atoms. The van der Waals surface area contributed by atoms with Crippen LogP contribution in [0.2, 0.25) is 0 Å². The van der Waals surface area contributed by atoms with Gasteiger partial charge in [-0.2, -0.15) is 13.2 Å². The summed E-state index contributed by atoms with van der Waals surface area (Å²) < 4.78 is 43.3. The molecule has 0 fully saturated rings. The number of esters is 1. The second kappa shape index (κ2) is 4.79. The largest absolute Gasteiger partial charge is 0.465 e. The van der Waals surface area contributed by atoms with Crippen LogP contribution in [-0.2, 0) is 10.9 Å². The summed E-state index contributed by atoms with van der Waals surface area (Å²) in [5.41, 5.74) is -0.615. The number of hydrogen-bond acceptors (Lipinski definition) is 2. The molecule has 19 heavy (non-hydrogen) atoms. The summed E-state index contributed by atoms with van der Waals surface area (Å²) in [5.74, 6) is -0.687. The van der Waals surface area contributed by atoms with E-state index in [0.29, 0.717) is 0 Å². The van der Waals surface area contributed by atoms with Crippen molar-refractivity contribution in [2.75, 3.05) is 7.11 Å². The van der Waals surface area contributed by atoms with Crippen LogP contribution in [0.15, 0.2) is 36.7 Å². The Kier molecular flexibility index (Phi) is 3.33. The van der Waals surface area contributed by atoms with E-state index in [1.807, 2.05) is 0 Å². The van der Waals surface area contributed by atoms with Gasteiger partial charge in [-0.15, -0.1) is 0 Å². The standard InChI is InChI=1S/C13H10F3NO2/c1-19-12(18)10-7-17-6-9(10)8-4-2-3-5-11(8)13(14,15)16/h2-7,17H,1H3. The number of carbonyl (C=O) groups excluding carboxylic acids is 1. The maximum absolute atomic E-state index is 12.9. The molecule has 0 aliphatic rings. The summed E-state index contributed by atoms with van der Waals surface area (Å²) in [6.45, 7) is 0. The van der Waals surface area contributed by atoms with Crippen molar-refractivity contribution in [3.05, 3.63) is 47.8 Å². The highest BCUT2D eigenvalue weighted by atomic mass is 19.4. The number of aromatic nitrogens is 1. The van der Waals surface area contributed by atoms with Gasteiger partial charge >= 0.3 is 12.1 Å². The van der Waals surface area contributed by atoms with Crippen molar-refractivity contribution in [3.63, 3.8) is 0 Å². The van der Waals surface area contributed by atoms with E-state index in [1.54, 1.807) is 0 Å². The van der Waals surface area contributed by atoms with E-state index in [2.05, 4.69) is 9.72 Å². The van der Waals surface area contributed by atoms with Crippen molar-refractivity contribution >= 4 is 5.97 Å². The molecule has 0 saturated carbocycles. The topological polar surface area (TPSA) is 42.1 Å². The van der Waals surface area contributed by atoms with Crippen molar-refractivity contribution in [2.24, 2.45) is 0 Å². The minimum atomic E-state index is -4.48. The fourth-order valence-corrected chi connectivity index (χ4v) is 1.83. The number of hydrogen-bond donors (Lipinski definition) is 1. The highest BCUT2D eigenvalue weighted by Gasteiger charge is 2.34. The normalized spacial score (nSPS) is 11.4. The number of aromatic amines is 1. The molecule has 0 aliphatic carbocycles. The van der Waals surface area contributed by atoms with Gasteiger partial charge in [0.15, 0.2) is 0 Å². The van der Waals surface area contributed by atoms with Crippen molar-refractivity contribution < 1.29 is 22.7 Å². The van der Waals surface area contributed by atoms with Crippen LogP contribution in [0.3, 0.4) is 0 Å². The second-order valence-corrected chi connectivity index (χ2v) is 3.82. The van der Waals surface area contributed by atoms with Crippen molar-refractivity contribution in [1.29, 1.82) is 0 Å². The van der Waals surface area contributed by atoms with E-state index in [4.69, 9.17) is 0 Å². The molecule has 0 atom stereocenters. The smallest absolute Gasteiger partial charge is 0.417 e. The summed E-state index contributed by atoms with van der Waals surface area (Å²) in [7, 11) is 1.18. The molecule has 0 radical (unpaired) electrons. The molecule has 1 aromatic carbocycles. The summed E-state index contributed by atoms with van der Waals surface area (Å²) in [4.78, 5) is 14.1. The SMILES string of the molecule is COC(=O)c1c[nH]cc1-c1ccccc1C(F)(F)F. The summed E-state index contributed by atoms with van der Waals surface area (Å²) in [6.07, 6.45) is -1.83. The van der Waals surface area contributed by atoms with Crippen LogP contribution >= 0.6 is 0 Å².